The number of anilines is 4. The average molecular weight is 382 g/mol. The number of piperidine rings is 1. The number of ether oxygens (including phenoxy) is 1. The van der Waals surface area contributed by atoms with E-state index in [9.17, 15) is 4.79 Å². The normalized spacial score (nSPS) is 18.1. The standard InChI is InChI=1S/C20H26N6O2/c21-20(27)15-7-9-26(10-8-15)19-6-5-18(23-24-19)22-16-1-3-17(4-2-16)25-11-13-28-14-12-25/h1-6,15H,7-14H2,(H2,21,27)(H,22,23). The minimum Gasteiger partial charge on any atom is -0.378 e. The zero-order valence-electron chi connectivity index (χ0n) is 15.9. The number of nitrogens with two attached hydrogens (primary N) is 1. The molecule has 0 atom stereocenters. The van der Waals surface area contributed by atoms with Gasteiger partial charge in [0.1, 0.15) is 0 Å². The summed E-state index contributed by atoms with van der Waals surface area (Å²) < 4.78 is 5.40. The third kappa shape index (κ3) is 4.33. The fraction of sp³-hybridized carbons (Fsp3) is 0.450. The van der Waals surface area contributed by atoms with Crippen molar-refractivity contribution in [3.05, 3.63) is 36.4 Å². The third-order valence-corrected chi connectivity index (χ3v) is 5.39. The van der Waals surface area contributed by atoms with Crippen molar-refractivity contribution in [2.75, 3.05) is 54.5 Å². The van der Waals surface area contributed by atoms with Crippen LogP contribution in [0.3, 0.4) is 0 Å². The van der Waals surface area contributed by atoms with Crippen LogP contribution in [0.4, 0.5) is 23.0 Å². The number of carbonyl (C=O) groups excluding carboxylic acids is 1. The van der Waals surface area contributed by atoms with Crippen molar-refractivity contribution in [2.24, 2.45) is 11.7 Å². The van der Waals surface area contributed by atoms with E-state index in [1.54, 1.807) is 0 Å². The maximum absolute atomic E-state index is 11.3. The molecule has 0 aliphatic carbocycles. The van der Waals surface area contributed by atoms with Gasteiger partial charge in [0.25, 0.3) is 0 Å². The summed E-state index contributed by atoms with van der Waals surface area (Å²) in [6.07, 6.45) is 1.54. The van der Waals surface area contributed by atoms with Crippen molar-refractivity contribution in [2.45, 2.75) is 12.8 Å². The number of carbonyl (C=O) groups is 1. The summed E-state index contributed by atoms with van der Waals surface area (Å²) in [5.41, 5.74) is 7.57. The monoisotopic (exact) mass is 382 g/mol. The number of rotatable bonds is 5. The Bertz CT molecular complexity index is 781. The van der Waals surface area contributed by atoms with Gasteiger partial charge in [-0.2, -0.15) is 0 Å². The van der Waals surface area contributed by atoms with E-state index < -0.39 is 0 Å². The van der Waals surface area contributed by atoms with Crippen molar-refractivity contribution < 1.29 is 9.53 Å². The van der Waals surface area contributed by atoms with Gasteiger partial charge in [-0.05, 0) is 49.2 Å². The fourth-order valence-corrected chi connectivity index (χ4v) is 3.68. The molecule has 2 fully saturated rings. The second-order valence-corrected chi connectivity index (χ2v) is 7.21. The van der Waals surface area contributed by atoms with Gasteiger partial charge in [-0.3, -0.25) is 4.79 Å². The van der Waals surface area contributed by atoms with Gasteiger partial charge in [0.15, 0.2) is 11.6 Å². The lowest BCUT2D eigenvalue weighted by atomic mass is 9.96. The van der Waals surface area contributed by atoms with E-state index in [-0.39, 0.29) is 11.8 Å². The Morgan fingerprint density at radius 1 is 0.964 bits per heavy atom. The third-order valence-electron chi connectivity index (χ3n) is 5.39. The lowest BCUT2D eigenvalue weighted by Crippen LogP contribution is -2.39. The smallest absolute Gasteiger partial charge is 0.220 e. The molecule has 2 aliphatic rings. The average Bonchev–Trinajstić information content (AvgIpc) is 2.75. The number of amides is 1. The fourth-order valence-electron chi connectivity index (χ4n) is 3.68. The Morgan fingerprint density at radius 2 is 1.68 bits per heavy atom. The predicted molar refractivity (Wildman–Crippen MR) is 109 cm³/mol. The SMILES string of the molecule is NC(=O)C1CCN(c2ccc(Nc3ccc(N4CCOCC4)cc3)nn2)CC1. The summed E-state index contributed by atoms with van der Waals surface area (Å²) in [6.45, 7) is 4.97. The van der Waals surface area contributed by atoms with Gasteiger partial charge in [-0.25, -0.2) is 0 Å². The van der Waals surface area contributed by atoms with Crippen molar-refractivity contribution in [1.29, 1.82) is 0 Å². The Hall–Kier alpha value is -2.87. The van der Waals surface area contributed by atoms with Crippen LogP contribution < -0.4 is 20.9 Å². The first kappa shape index (κ1) is 18.5. The molecule has 2 aliphatic heterocycles. The lowest BCUT2D eigenvalue weighted by Gasteiger charge is -2.31. The van der Waals surface area contributed by atoms with Crippen LogP contribution in [0.1, 0.15) is 12.8 Å². The quantitative estimate of drug-likeness (QED) is 0.813. The predicted octanol–water partition coefficient (Wildman–Crippen LogP) is 1.76. The number of benzene rings is 1. The van der Waals surface area contributed by atoms with E-state index in [1.807, 2.05) is 12.1 Å². The van der Waals surface area contributed by atoms with E-state index in [0.29, 0.717) is 5.82 Å². The molecule has 1 amide bonds. The molecule has 8 heteroatoms. The molecule has 0 bridgehead atoms. The summed E-state index contributed by atoms with van der Waals surface area (Å²) in [6, 6.07) is 12.2. The number of morpholine rings is 1. The number of aromatic nitrogens is 2. The Kier molecular flexibility index (Phi) is 5.57. The van der Waals surface area contributed by atoms with E-state index in [2.05, 4.69) is 49.6 Å². The molecule has 3 N–H and O–H groups in total. The zero-order valence-corrected chi connectivity index (χ0v) is 15.9. The molecule has 3 heterocycles. The van der Waals surface area contributed by atoms with Crippen LogP contribution >= 0.6 is 0 Å². The van der Waals surface area contributed by atoms with Gasteiger partial charge in [0, 0.05) is 43.5 Å². The molecule has 4 rings (SSSR count). The summed E-state index contributed by atoms with van der Waals surface area (Å²) >= 11 is 0. The molecule has 2 aromatic rings. The highest BCUT2D eigenvalue weighted by Gasteiger charge is 2.23. The van der Waals surface area contributed by atoms with Gasteiger partial charge >= 0.3 is 0 Å². The van der Waals surface area contributed by atoms with Crippen molar-refractivity contribution >= 4 is 28.9 Å². The Morgan fingerprint density at radius 3 is 2.29 bits per heavy atom. The van der Waals surface area contributed by atoms with Crippen LogP contribution in [0.15, 0.2) is 36.4 Å². The highest BCUT2D eigenvalue weighted by molar-refractivity contribution is 5.77. The van der Waals surface area contributed by atoms with Crippen molar-refractivity contribution in [3.8, 4) is 0 Å². The summed E-state index contributed by atoms with van der Waals surface area (Å²) in [4.78, 5) is 15.8. The molecule has 1 aromatic carbocycles. The van der Waals surface area contributed by atoms with Crippen LogP contribution in [-0.2, 0) is 9.53 Å². The molecule has 148 valence electrons. The van der Waals surface area contributed by atoms with E-state index in [0.717, 1.165) is 63.7 Å². The molecule has 0 radical (unpaired) electrons. The largest absolute Gasteiger partial charge is 0.378 e. The number of hydrogen-bond donors (Lipinski definition) is 2. The molecule has 28 heavy (non-hydrogen) atoms. The van der Waals surface area contributed by atoms with E-state index >= 15 is 0 Å². The lowest BCUT2D eigenvalue weighted by molar-refractivity contribution is -0.122. The first-order valence-corrected chi connectivity index (χ1v) is 9.77. The van der Waals surface area contributed by atoms with Gasteiger partial charge in [0.2, 0.25) is 5.91 Å². The molecule has 0 spiro atoms. The zero-order chi connectivity index (χ0) is 19.3. The Balaban J connectivity index is 1.33. The number of primary amides is 1. The minimum atomic E-state index is -0.204. The second kappa shape index (κ2) is 8.43. The number of hydrogen-bond acceptors (Lipinski definition) is 7. The highest BCUT2D eigenvalue weighted by atomic mass is 16.5. The van der Waals surface area contributed by atoms with Gasteiger partial charge in [-0.1, -0.05) is 0 Å². The molecule has 0 saturated carbocycles. The molecular weight excluding hydrogens is 356 g/mol. The minimum absolute atomic E-state index is 0.0226. The summed E-state index contributed by atoms with van der Waals surface area (Å²) in [7, 11) is 0. The van der Waals surface area contributed by atoms with Crippen molar-refractivity contribution in [3.63, 3.8) is 0 Å². The maximum atomic E-state index is 11.3. The van der Waals surface area contributed by atoms with E-state index in [4.69, 9.17) is 10.5 Å². The molecule has 8 nitrogen and oxygen atoms in total. The second-order valence-electron chi connectivity index (χ2n) is 7.21. The van der Waals surface area contributed by atoms with Crippen LogP contribution in [-0.4, -0.2) is 55.5 Å². The first-order chi connectivity index (χ1) is 13.7. The highest BCUT2D eigenvalue weighted by Crippen LogP contribution is 2.24. The molecule has 0 unspecified atom stereocenters. The topological polar surface area (TPSA) is 96.6 Å². The van der Waals surface area contributed by atoms with Crippen LogP contribution in [0.5, 0.6) is 0 Å². The molecule has 1 aromatic heterocycles. The van der Waals surface area contributed by atoms with Gasteiger partial charge in [0.05, 0.1) is 13.2 Å². The van der Waals surface area contributed by atoms with Gasteiger partial charge in [-0.15, -0.1) is 10.2 Å². The summed E-state index contributed by atoms with van der Waals surface area (Å²) in [5.74, 6) is 1.31. The maximum Gasteiger partial charge on any atom is 0.220 e. The first-order valence-electron chi connectivity index (χ1n) is 9.77. The number of nitrogens with zero attached hydrogens (tertiary/aromatic N) is 4. The Labute approximate surface area is 164 Å². The van der Waals surface area contributed by atoms with E-state index in [1.165, 1.54) is 5.69 Å². The van der Waals surface area contributed by atoms with Crippen LogP contribution in [0, 0.1) is 5.92 Å². The number of nitrogens with one attached hydrogen (secondary N) is 1. The van der Waals surface area contributed by atoms with Crippen LogP contribution in [0.2, 0.25) is 0 Å². The van der Waals surface area contributed by atoms with Gasteiger partial charge < -0.3 is 25.6 Å². The summed E-state index contributed by atoms with van der Waals surface area (Å²) in [5, 5.41) is 11.9. The van der Waals surface area contributed by atoms with Crippen molar-refractivity contribution in [1.82, 2.24) is 10.2 Å². The molecular formula is C20H26N6O2. The van der Waals surface area contributed by atoms with Crippen LogP contribution in [0.25, 0.3) is 0 Å². The molecule has 2 saturated heterocycles.